The standard InChI is InChI=1S/C20H17Br2N3O5/c1-3-29-18-9-12(8-16(22)19(18)30-4-2)7-13(11-23)20(26)24-17-6-5-14(25(27)28)10-15(17)21/h5-10H,3-4H2,1-2H3,(H,24,26). The predicted molar refractivity (Wildman–Crippen MR) is 119 cm³/mol. The number of nitriles is 1. The zero-order chi connectivity index (χ0) is 22.3. The minimum absolute atomic E-state index is 0.126. The largest absolute Gasteiger partial charge is 0.490 e. The molecule has 0 aliphatic rings. The van der Waals surface area contributed by atoms with Crippen molar-refractivity contribution >= 4 is 55.2 Å². The van der Waals surface area contributed by atoms with Gasteiger partial charge in [-0.15, -0.1) is 0 Å². The Morgan fingerprint density at radius 1 is 1.20 bits per heavy atom. The minimum atomic E-state index is -0.657. The summed E-state index contributed by atoms with van der Waals surface area (Å²) in [6.07, 6.45) is 1.41. The molecule has 2 rings (SSSR count). The molecule has 2 aromatic carbocycles. The van der Waals surface area contributed by atoms with E-state index in [0.717, 1.165) is 0 Å². The summed E-state index contributed by atoms with van der Waals surface area (Å²) >= 11 is 6.60. The van der Waals surface area contributed by atoms with E-state index in [2.05, 4.69) is 37.2 Å². The average molecular weight is 539 g/mol. The maximum absolute atomic E-state index is 12.6. The molecule has 0 aliphatic carbocycles. The van der Waals surface area contributed by atoms with Gasteiger partial charge in [0.1, 0.15) is 11.6 Å². The van der Waals surface area contributed by atoms with Gasteiger partial charge >= 0.3 is 0 Å². The van der Waals surface area contributed by atoms with Gasteiger partial charge in [-0.05, 0) is 75.5 Å². The third-order valence-corrected chi connectivity index (χ3v) is 4.95. The quantitative estimate of drug-likeness (QED) is 0.206. The number of hydrogen-bond donors (Lipinski definition) is 1. The summed E-state index contributed by atoms with van der Waals surface area (Å²) in [5.74, 6) is 0.361. The number of hydrogen-bond acceptors (Lipinski definition) is 6. The summed E-state index contributed by atoms with van der Waals surface area (Å²) in [5.41, 5.74) is 0.579. The zero-order valence-corrected chi connectivity index (χ0v) is 19.2. The van der Waals surface area contributed by atoms with E-state index in [9.17, 15) is 20.2 Å². The van der Waals surface area contributed by atoms with Gasteiger partial charge in [0.15, 0.2) is 11.5 Å². The second kappa shape index (κ2) is 10.8. The number of ether oxygens (including phenoxy) is 2. The Morgan fingerprint density at radius 2 is 1.90 bits per heavy atom. The smallest absolute Gasteiger partial charge is 0.270 e. The molecule has 0 atom stereocenters. The summed E-state index contributed by atoms with van der Waals surface area (Å²) < 4.78 is 12.1. The molecule has 10 heteroatoms. The Morgan fingerprint density at radius 3 is 2.47 bits per heavy atom. The van der Waals surface area contributed by atoms with Gasteiger partial charge in [0, 0.05) is 16.6 Å². The second-order valence-corrected chi connectivity index (χ2v) is 7.45. The van der Waals surface area contributed by atoms with Crippen LogP contribution in [0.2, 0.25) is 0 Å². The number of carbonyl (C=O) groups excluding carboxylic acids is 1. The highest BCUT2D eigenvalue weighted by Crippen LogP contribution is 2.37. The fourth-order valence-corrected chi connectivity index (χ4v) is 3.48. The predicted octanol–water partition coefficient (Wildman–Crippen LogP) is 5.46. The first-order chi connectivity index (χ1) is 14.3. The van der Waals surface area contributed by atoms with Crippen LogP contribution < -0.4 is 14.8 Å². The lowest BCUT2D eigenvalue weighted by Crippen LogP contribution is -2.14. The molecule has 0 bridgehead atoms. The van der Waals surface area contributed by atoms with Crippen molar-refractivity contribution in [1.29, 1.82) is 5.26 Å². The van der Waals surface area contributed by atoms with Crippen LogP contribution in [0, 0.1) is 21.4 Å². The number of amides is 1. The number of nitro benzene ring substituents is 1. The zero-order valence-electron chi connectivity index (χ0n) is 16.1. The van der Waals surface area contributed by atoms with Crippen molar-refractivity contribution in [2.75, 3.05) is 18.5 Å². The van der Waals surface area contributed by atoms with Crippen LogP contribution in [0.25, 0.3) is 6.08 Å². The van der Waals surface area contributed by atoms with Crippen LogP contribution in [-0.2, 0) is 4.79 Å². The number of carbonyl (C=O) groups is 1. The molecule has 0 aliphatic heterocycles. The van der Waals surface area contributed by atoms with Gasteiger partial charge in [-0.2, -0.15) is 5.26 Å². The van der Waals surface area contributed by atoms with Gasteiger partial charge in [0.25, 0.3) is 11.6 Å². The van der Waals surface area contributed by atoms with E-state index in [1.807, 2.05) is 19.9 Å². The third-order valence-electron chi connectivity index (χ3n) is 3.71. The van der Waals surface area contributed by atoms with Gasteiger partial charge in [0.05, 0.1) is 28.3 Å². The third kappa shape index (κ3) is 5.81. The van der Waals surface area contributed by atoms with Gasteiger partial charge in [0.2, 0.25) is 0 Å². The van der Waals surface area contributed by atoms with Crippen LogP contribution >= 0.6 is 31.9 Å². The Labute approximate surface area is 189 Å². The fraction of sp³-hybridized carbons (Fsp3) is 0.200. The lowest BCUT2D eigenvalue weighted by Gasteiger charge is -2.13. The Kier molecular flexibility index (Phi) is 8.38. The van der Waals surface area contributed by atoms with E-state index in [4.69, 9.17) is 9.47 Å². The molecule has 2 aromatic rings. The normalized spacial score (nSPS) is 10.8. The van der Waals surface area contributed by atoms with Crippen molar-refractivity contribution in [3.8, 4) is 17.6 Å². The Bertz CT molecular complexity index is 1050. The van der Waals surface area contributed by atoms with Crippen molar-refractivity contribution in [3.05, 3.63) is 60.5 Å². The van der Waals surface area contributed by atoms with Crippen LogP contribution in [0.3, 0.4) is 0 Å². The van der Waals surface area contributed by atoms with Crippen molar-refractivity contribution in [2.24, 2.45) is 0 Å². The molecule has 0 saturated carbocycles. The number of anilines is 1. The first kappa shape index (κ1) is 23.4. The maximum Gasteiger partial charge on any atom is 0.270 e. The van der Waals surface area contributed by atoms with Gasteiger partial charge in [-0.3, -0.25) is 14.9 Å². The minimum Gasteiger partial charge on any atom is -0.490 e. The fourth-order valence-electron chi connectivity index (χ4n) is 2.44. The van der Waals surface area contributed by atoms with E-state index in [1.165, 1.54) is 24.3 Å². The molecule has 8 nitrogen and oxygen atoms in total. The first-order valence-electron chi connectivity index (χ1n) is 8.76. The highest BCUT2D eigenvalue weighted by atomic mass is 79.9. The summed E-state index contributed by atoms with van der Waals surface area (Å²) in [5, 5.41) is 22.9. The van der Waals surface area contributed by atoms with E-state index < -0.39 is 10.8 Å². The number of rotatable bonds is 8. The summed E-state index contributed by atoms with van der Waals surface area (Å²) in [6, 6.07) is 9.16. The molecule has 156 valence electrons. The number of nitrogens with zero attached hydrogens (tertiary/aromatic N) is 2. The summed E-state index contributed by atoms with van der Waals surface area (Å²) in [4.78, 5) is 22.8. The van der Waals surface area contributed by atoms with E-state index in [-0.39, 0.29) is 11.3 Å². The van der Waals surface area contributed by atoms with Crippen molar-refractivity contribution in [1.82, 2.24) is 0 Å². The highest BCUT2D eigenvalue weighted by molar-refractivity contribution is 9.11. The van der Waals surface area contributed by atoms with Crippen LogP contribution in [0.5, 0.6) is 11.5 Å². The SMILES string of the molecule is CCOc1cc(C=C(C#N)C(=O)Nc2ccc([N+](=O)[O-])cc2Br)cc(Br)c1OCC. The average Bonchev–Trinajstić information content (AvgIpc) is 2.70. The first-order valence-corrected chi connectivity index (χ1v) is 10.4. The number of non-ortho nitro benzene ring substituents is 1. The van der Waals surface area contributed by atoms with Gasteiger partial charge in [-0.25, -0.2) is 0 Å². The van der Waals surface area contributed by atoms with Crippen LogP contribution in [0.1, 0.15) is 19.4 Å². The number of nitro groups is 1. The van der Waals surface area contributed by atoms with E-state index in [1.54, 1.807) is 12.1 Å². The molecule has 0 heterocycles. The van der Waals surface area contributed by atoms with Crippen molar-refractivity contribution in [3.63, 3.8) is 0 Å². The molecule has 0 fully saturated rings. The van der Waals surface area contributed by atoms with Gasteiger partial charge in [-0.1, -0.05) is 0 Å². The van der Waals surface area contributed by atoms with Crippen molar-refractivity contribution in [2.45, 2.75) is 13.8 Å². The van der Waals surface area contributed by atoms with Crippen LogP contribution in [0.15, 0.2) is 44.9 Å². The lowest BCUT2D eigenvalue weighted by atomic mass is 10.1. The molecule has 30 heavy (non-hydrogen) atoms. The summed E-state index contributed by atoms with van der Waals surface area (Å²) in [6.45, 7) is 4.55. The Balaban J connectivity index is 2.34. The van der Waals surface area contributed by atoms with E-state index in [0.29, 0.717) is 44.9 Å². The lowest BCUT2D eigenvalue weighted by molar-refractivity contribution is -0.384. The van der Waals surface area contributed by atoms with Crippen LogP contribution in [0.4, 0.5) is 11.4 Å². The van der Waals surface area contributed by atoms with Crippen LogP contribution in [-0.4, -0.2) is 24.0 Å². The molecule has 1 amide bonds. The topological polar surface area (TPSA) is 114 Å². The number of halogens is 2. The van der Waals surface area contributed by atoms with Crippen molar-refractivity contribution < 1.29 is 19.2 Å². The molecular formula is C20H17Br2N3O5. The number of nitrogens with one attached hydrogen (secondary N) is 1. The maximum atomic E-state index is 12.6. The van der Waals surface area contributed by atoms with Gasteiger partial charge < -0.3 is 14.8 Å². The second-order valence-electron chi connectivity index (χ2n) is 5.74. The molecule has 0 unspecified atom stereocenters. The Hall–Kier alpha value is -2.90. The highest BCUT2D eigenvalue weighted by Gasteiger charge is 2.16. The molecule has 0 radical (unpaired) electrons. The molecule has 0 spiro atoms. The molecule has 0 aromatic heterocycles. The molecule has 0 saturated heterocycles. The molecule has 1 N–H and O–H groups in total. The monoisotopic (exact) mass is 537 g/mol. The summed E-state index contributed by atoms with van der Waals surface area (Å²) in [7, 11) is 0. The number of benzene rings is 2. The molecular weight excluding hydrogens is 522 g/mol. The van der Waals surface area contributed by atoms with E-state index >= 15 is 0 Å².